The molecule has 0 bridgehead atoms. The molecule has 0 radical (unpaired) electrons. The van der Waals surface area contributed by atoms with Gasteiger partial charge >= 0.3 is 0 Å². The summed E-state index contributed by atoms with van der Waals surface area (Å²) in [5, 5.41) is 6.58. The number of aromatic nitrogens is 2. The number of ketones is 1. The number of Topliss-reactive ketones (excluding diaryl/α,β-unsaturated/α-hetero) is 1. The minimum absolute atomic E-state index is 0.109. The van der Waals surface area contributed by atoms with E-state index in [-0.39, 0.29) is 18.3 Å². The summed E-state index contributed by atoms with van der Waals surface area (Å²) in [6, 6.07) is 13.6. The Labute approximate surface area is 156 Å². The van der Waals surface area contributed by atoms with E-state index in [0.29, 0.717) is 40.7 Å². The van der Waals surface area contributed by atoms with Crippen molar-refractivity contribution in [2.24, 2.45) is 0 Å². The van der Waals surface area contributed by atoms with E-state index >= 15 is 0 Å². The van der Waals surface area contributed by atoms with E-state index in [9.17, 15) is 9.59 Å². The first kappa shape index (κ1) is 18.3. The monoisotopic (exact) mass is 365 g/mol. The lowest BCUT2D eigenvalue weighted by molar-refractivity contribution is 0.101. The van der Waals surface area contributed by atoms with E-state index < -0.39 is 0 Å². The van der Waals surface area contributed by atoms with Crippen LogP contribution in [-0.4, -0.2) is 21.8 Å². The van der Waals surface area contributed by atoms with E-state index in [1.807, 2.05) is 6.92 Å². The van der Waals surface area contributed by atoms with Crippen LogP contribution in [0, 0.1) is 0 Å². The number of para-hydroxylation sites is 1. The molecule has 27 heavy (non-hydrogen) atoms. The van der Waals surface area contributed by atoms with Crippen molar-refractivity contribution in [3.8, 4) is 5.75 Å². The van der Waals surface area contributed by atoms with Crippen LogP contribution in [0.1, 0.15) is 46.3 Å². The first-order chi connectivity index (χ1) is 13.1. The van der Waals surface area contributed by atoms with Crippen LogP contribution in [0.15, 0.2) is 53.1 Å². The molecule has 0 aliphatic rings. The summed E-state index contributed by atoms with van der Waals surface area (Å²) in [6.45, 7) is 3.57. The van der Waals surface area contributed by atoms with Crippen LogP contribution in [0.2, 0.25) is 0 Å². The van der Waals surface area contributed by atoms with Crippen molar-refractivity contribution in [3.63, 3.8) is 0 Å². The maximum absolute atomic E-state index is 12.4. The molecule has 1 aromatic heterocycles. The van der Waals surface area contributed by atoms with Gasteiger partial charge in [0, 0.05) is 17.5 Å². The highest BCUT2D eigenvalue weighted by Crippen LogP contribution is 2.18. The molecule has 0 saturated heterocycles. The Kier molecular flexibility index (Phi) is 5.61. The summed E-state index contributed by atoms with van der Waals surface area (Å²) in [5.41, 5.74) is 1.41. The number of ether oxygens (including phenoxy) is 1. The van der Waals surface area contributed by atoms with Crippen molar-refractivity contribution in [1.29, 1.82) is 0 Å². The largest absolute Gasteiger partial charge is 0.485 e. The highest BCUT2D eigenvalue weighted by Gasteiger charge is 2.12. The minimum atomic E-state index is -0.305. The number of nitrogens with one attached hydrogen (secondary N) is 1. The Morgan fingerprint density at radius 1 is 1.11 bits per heavy atom. The summed E-state index contributed by atoms with van der Waals surface area (Å²) < 4.78 is 10.6. The van der Waals surface area contributed by atoms with E-state index in [4.69, 9.17) is 9.26 Å². The number of hydrogen-bond acceptors (Lipinski definition) is 6. The Bertz CT molecular complexity index is 948. The number of aryl methyl sites for hydroxylation is 1. The third-order valence-corrected chi connectivity index (χ3v) is 3.85. The second-order valence-corrected chi connectivity index (χ2v) is 5.83. The predicted octanol–water partition coefficient (Wildman–Crippen LogP) is 3.67. The maximum Gasteiger partial charge on any atom is 0.255 e. The van der Waals surface area contributed by atoms with E-state index in [1.54, 1.807) is 48.5 Å². The highest BCUT2D eigenvalue weighted by molar-refractivity contribution is 6.09. The van der Waals surface area contributed by atoms with Crippen LogP contribution in [0.5, 0.6) is 5.75 Å². The lowest BCUT2D eigenvalue weighted by Crippen LogP contribution is -2.14. The molecule has 0 aliphatic carbocycles. The molecule has 7 nitrogen and oxygen atoms in total. The highest BCUT2D eigenvalue weighted by atomic mass is 16.5. The molecule has 7 heteroatoms. The Balaban J connectivity index is 1.63. The van der Waals surface area contributed by atoms with Gasteiger partial charge in [0.05, 0.1) is 5.69 Å². The normalized spacial score (nSPS) is 10.4. The van der Waals surface area contributed by atoms with Crippen LogP contribution < -0.4 is 10.1 Å². The average Bonchev–Trinajstić information content (AvgIpc) is 3.15. The average molecular weight is 365 g/mol. The number of amides is 1. The Morgan fingerprint density at radius 3 is 2.52 bits per heavy atom. The Morgan fingerprint density at radius 2 is 1.85 bits per heavy atom. The number of hydrogen-bond donors (Lipinski definition) is 1. The van der Waals surface area contributed by atoms with Crippen molar-refractivity contribution in [2.45, 2.75) is 26.9 Å². The summed E-state index contributed by atoms with van der Waals surface area (Å²) >= 11 is 0. The molecule has 2 aromatic carbocycles. The van der Waals surface area contributed by atoms with Crippen molar-refractivity contribution in [3.05, 3.63) is 71.4 Å². The third-order valence-electron chi connectivity index (χ3n) is 3.85. The van der Waals surface area contributed by atoms with Gasteiger partial charge in [0.15, 0.2) is 12.4 Å². The standard InChI is InChI=1S/C20H19N3O4/c1-3-19-22-18(23-27-19)12-26-15-10-8-14(9-11-15)20(25)21-17-7-5-4-6-16(17)13(2)24/h4-11H,3,12H2,1-2H3,(H,21,25). The van der Waals surface area contributed by atoms with Gasteiger partial charge in [0.1, 0.15) is 5.75 Å². The molecule has 0 aliphatic heterocycles. The minimum Gasteiger partial charge on any atom is -0.485 e. The van der Waals surface area contributed by atoms with Gasteiger partial charge in [-0.05, 0) is 43.3 Å². The molecular weight excluding hydrogens is 346 g/mol. The molecule has 1 heterocycles. The maximum atomic E-state index is 12.4. The number of rotatable bonds is 7. The number of benzene rings is 2. The molecule has 3 rings (SSSR count). The fraction of sp³-hybridized carbons (Fsp3) is 0.200. The van der Waals surface area contributed by atoms with Crippen LogP contribution in [0.25, 0.3) is 0 Å². The topological polar surface area (TPSA) is 94.3 Å². The van der Waals surface area contributed by atoms with Gasteiger partial charge in [-0.3, -0.25) is 9.59 Å². The van der Waals surface area contributed by atoms with Gasteiger partial charge < -0.3 is 14.6 Å². The van der Waals surface area contributed by atoms with Gasteiger partial charge in [-0.1, -0.05) is 24.2 Å². The van der Waals surface area contributed by atoms with Gasteiger partial charge in [0.25, 0.3) is 5.91 Å². The van der Waals surface area contributed by atoms with Gasteiger partial charge in [-0.2, -0.15) is 4.98 Å². The summed E-state index contributed by atoms with van der Waals surface area (Å²) in [7, 11) is 0. The molecule has 1 N–H and O–H groups in total. The summed E-state index contributed by atoms with van der Waals surface area (Å²) in [4.78, 5) is 28.2. The zero-order chi connectivity index (χ0) is 19.2. The number of anilines is 1. The Hall–Kier alpha value is -3.48. The number of nitrogens with zero attached hydrogens (tertiary/aromatic N) is 2. The van der Waals surface area contributed by atoms with E-state index in [1.165, 1.54) is 6.92 Å². The molecule has 3 aromatic rings. The van der Waals surface area contributed by atoms with Crippen LogP contribution in [0.3, 0.4) is 0 Å². The second-order valence-electron chi connectivity index (χ2n) is 5.83. The number of carbonyl (C=O) groups is 2. The van der Waals surface area contributed by atoms with Crippen LogP contribution in [0.4, 0.5) is 5.69 Å². The van der Waals surface area contributed by atoms with Gasteiger partial charge in [-0.15, -0.1) is 0 Å². The molecule has 0 spiro atoms. The van der Waals surface area contributed by atoms with Gasteiger partial charge in [-0.25, -0.2) is 0 Å². The molecule has 0 atom stereocenters. The molecular formula is C20H19N3O4. The van der Waals surface area contributed by atoms with Crippen LogP contribution in [-0.2, 0) is 13.0 Å². The summed E-state index contributed by atoms with van der Waals surface area (Å²) in [6.07, 6.45) is 0.670. The van der Waals surface area contributed by atoms with Crippen molar-refractivity contribution < 1.29 is 18.8 Å². The SMILES string of the molecule is CCc1nc(COc2ccc(C(=O)Nc3ccccc3C(C)=O)cc2)no1. The molecule has 138 valence electrons. The molecule has 0 fully saturated rings. The van der Waals surface area contributed by atoms with Crippen molar-refractivity contribution >= 4 is 17.4 Å². The summed E-state index contributed by atoms with van der Waals surface area (Å²) in [5.74, 6) is 1.20. The zero-order valence-electron chi connectivity index (χ0n) is 15.1. The first-order valence-corrected chi connectivity index (χ1v) is 8.52. The molecule has 0 unspecified atom stereocenters. The van der Waals surface area contributed by atoms with Gasteiger partial charge in [0.2, 0.25) is 11.7 Å². The van der Waals surface area contributed by atoms with Crippen molar-refractivity contribution in [1.82, 2.24) is 10.1 Å². The third kappa shape index (κ3) is 4.58. The smallest absolute Gasteiger partial charge is 0.255 e. The zero-order valence-corrected chi connectivity index (χ0v) is 15.1. The van der Waals surface area contributed by atoms with Crippen molar-refractivity contribution in [2.75, 3.05) is 5.32 Å². The fourth-order valence-corrected chi connectivity index (χ4v) is 2.44. The first-order valence-electron chi connectivity index (χ1n) is 8.52. The van der Waals surface area contributed by atoms with E-state index in [2.05, 4.69) is 15.5 Å². The lowest BCUT2D eigenvalue weighted by Gasteiger charge is -2.09. The number of carbonyl (C=O) groups excluding carboxylic acids is 2. The second kappa shape index (κ2) is 8.27. The quantitative estimate of drug-likeness (QED) is 0.642. The molecule has 0 saturated carbocycles. The predicted molar refractivity (Wildman–Crippen MR) is 98.8 cm³/mol. The van der Waals surface area contributed by atoms with E-state index in [0.717, 1.165) is 0 Å². The van der Waals surface area contributed by atoms with Crippen LogP contribution >= 0.6 is 0 Å². The fourth-order valence-electron chi connectivity index (χ4n) is 2.44. The molecule has 1 amide bonds. The lowest BCUT2D eigenvalue weighted by atomic mass is 10.1.